The van der Waals surface area contributed by atoms with Crippen LogP contribution in [0, 0.1) is 0 Å². The van der Waals surface area contributed by atoms with Crippen LogP contribution >= 0.6 is 0 Å². The molecule has 1 aliphatic carbocycles. The molecule has 7 nitrogen and oxygen atoms in total. The van der Waals surface area contributed by atoms with E-state index in [1.807, 2.05) is 59.5 Å². The Labute approximate surface area is 214 Å². The summed E-state index contributed by atoms with van der Waals surface area (Å²) >= 11 is 0. The fraction of sp³-hybridized carbons (Fsp3) is 0.267. The third-order valence-electron chi connectivity index (χ3n) is 7.98. The number of carbonyl (C=O) groups excluding carboxylic acids is 2. The average molecular weight is 492 g/mol. The molecule has 1 amide bonds. The lowest BCUT2D eigenvalue weighted by molar-refractivity contribution is -0.134. The molecular weight excluding hydrogens is 466 g/mol. The molecule has 2 aliphatic heterocycles. The number of pyridine rings is 2. The maximum atomic E-state index is 13.7. The normalized spacial score (nSPS) is 21.2. The van der Waals surface area contributed by atoms with Crippen LogP contribution in [0.3, 0.4) is 0 Å². The van der Waals surface area contributed by atoms with Crippen molar-refractivity contribution in [3.05, 3.63) is 102 Å². The topological polar surface area (TPSA) is 81.6 Å². The van der Waals surface area contributed by atoms with Crippen molar-refractivity contribution in [3.63, 3.8) is 0 Å². The average Bonchev–Trinajstić information content (AvgIpc) is 3.57. The van der Waals surface area contributed by atoms with Gasteiger partial charge >= 0.3 is 5.97 Å². The molecule has 2 aromatic heterocycles. The van der Waals surface area contributed by atoms with Gasteiger partial charge in [0.2, 0.25) is 5.91 Å². The third-order valence-corrected chi connectivity index (χ3v) is 7.98. The minimum atomic E-state index is -0.752. The fourth-order valence-electron chi connectivity index (χ4n) is 5.81. The maximum Gasteiger partial charge on any atom is 0.341 e. The molecule has 7 rings (SSSR count). The summed E-state index contributed by atoms with van der Waals surface area (Å²) in [6.07, 6.45) is 7.27. The number of nitrogens with zero attached hydrogens (tertiary/aromatic N) is 3. The third kappa shape index (κ3) is 3.56. The van der Waals surface area contributed by atoms with E-state index in [0.717, 1.165) is 46.2 Å². The Morgan fingerprint density at radius 1 is 1.03 bits per heavy atom. The molecule has 3 aliphatic rings. The van der Waals surface area contributed by atoms with Crippen molar-refractivity contribution in [1.29, 1.82) is 0 Å². The highest BCUT2D eigenvalue weighted by atomic mass is 16.6. The Hall–Kier alpha value is -4.26. The molecule has 184 valence electrons. The monoisotopic (exact) mass is 491 g/mol. The summed E-state index contributed by atoms with van der Waals surface area (Å²) < 4.78 is 11.8. The van der Waals surface area contributed by atoms with Gasteiger partial charge in [-0.3, -0.25) is 14.8 Å². The fourth-order valence-corrected chi connectivity index (χ4v) is 5.81. The van der Waals surface area contributed by atoms with Crippen LogP contribution in [0.15, 0.2) is 79.3 Å². The molecule has 4 heterocycles. The summed E-state index contributed by atoms with van der Waals surface area (Å²) in [6, 6.07) is 19.8. The number of ether oxygens (including phenoxy) is 2. The first kappa shape index (κ1) is 22.0. The summed E-state index contributed by atoms with van der Waals surface area (Å²) in [5.41, 5.74) is 3.15. The Morgan fingerprint density at radius 3 is 2.73 bits per heavy atom. The Balaban J connectivity index is 1.04. The largest absolute Gasteiger partial charge is 0.489 e. The SMILES string of the molecule is O=C1O[C@]2(CCN(C(=O)C3(c4ccc(OCc5ccc6ncccc6c5)cc4)CC3)C2)c2ccncc21. The van der Waals surface area contributed by atoms with Crippen LogP contribution in [0.2, 0.25) is 0 Å². The quantitative estimate of drug-likeness (QED) is 0.382. The van der Waals surface area contributed by atoms with Crippen molar-refractivity contribution in [1.82, 2.24) is 14.9 Å². The molecule has 37 heavy (non-hydrogen) atoms. The van der Waals surface area contributed by atoms with Crippen molar-refractivity contribution in [2.75, 3.05) is 13.1 Å². The minimum Gasteiger partial charge on any atom is -0.489 e. The van der Waals surface area contributed by atoms with Gasteiger partial charge in [0.1, 0.15) is 12.4 Å². The van der Waals surface area contributed by atoms with E-state index in [9.17, 15) is 9.59 Å². The molecule has 0 N–H and O–H groups in total. The number of esters is 1. The lowest BCUT2D eigenvalue weighted by atomic mass is 9.92. The van der Waals surface area contributed by atoms with E-state index in [1.54, 1.807) is 18.6 Å². The zero-order valence-electron chi connectivity index (χ0n) is 20.2. The number of hydrogen-bond acceptors (Lipinski definition) is 6. The standard InChI is InChI=1S/C30H25N3O4/c34-27-24-17-31-14-9-25(24)30(37-27)12-15-33(19-30)28(35)29(10-11-29)22-4-6-23(7-5-22)36-18-20-3-8-26-21(16-20)2-1-13-32-26/h1-9,13-14,16-17H,10-12,15,18-19H2/t30-/m0/s1. The number of hydrogen-bond donors (Lipinski definition) is 0. The van der Waals surface area contributed by atoms with Crippen LogP contribution < -0.4 is 4.74 Å². The van der Waals surface area contributed by atoms with Crippen LogP contribution in [0.1, 0.15) is 46.3 Å². The van der Waals surface area contributed by atoms with Gasteiger partial charge in [-0.1, -0.05) is 24.3 Å². The second-order valence-electron chi connectivity index (χ2n) is 10.2. The van der Waals surface area contributed by atoms with Gasteiger partial charge in [0.05, 0.1) is 23.0 Å². The Kier molecular flexibility index (Phi) is 4.83. The molecule has 4 aromatic rings. The van der Waals surface area contributed by atoms with Gasteiger partial charge in [-0.15, -0.1) is 0 Å². The second kappa shape index (κ2) is 8.13. The predicted octanol–water partition coefficient (Wildman–Crippen LogP) is 4.54. The van der Waals surface area contributed by atoms with E-state index in [2.05, 4.69) is 16.0 Å². The van der Waals surface area contributed by atoms with Crippen molar-refractivity contribution in [3.8, 4) is 5.75 Å². The minimum absolute atomic E-state index is 0.112. The van der Waals surface area contributed by atoms with Crippen LogP contribution in [-0.4, -0.2) is 39.8 Å². The lowest BCUT2D eigenvalue weighted by Crippen LogP contribution is -2.40. The molecule has 0 unspecified atom stereocenters. The molecule has 1 saturated heterocycles. The van der Waals surface area contributed by atoms with E-state index in [0.29, 0.717) is 31.7 Å². The van der Waals surface area contributed by atoms with Crippen LogP contribution in [0.4, 0.5) is 0 Å². The summed E-state index contributed by atoms with van der Waals surface area (Å²) in [5.74, 6) is 0.525. The van der Waals surface area contributed by atoms with Crippen LogP contribution in [-0.2, 0) is 27.2 Å². The Bertz CT molecular complexity index is 1550. The van der Waals surface area contributed by atoms with E-state index >= 15 is 0 Å². The van der Waals surface area contributed by atoms with E-state index < -0.39 is 11.0 Å². The Morgan fingerprint density at radius 2 is 1.89 bits per heavy atom. The number of fused-ring (bicyclic) bond motifs is 3. The van der Waals surface area contributed by atoms with Crippen molar-refractivity contribution >= 4 is 22.8 Å². The summed E-state index contributed by atoms with van der Waals surface area (Å²) in [4.78, 5) is 36.4. The molecule has 2 aromatic carbocycles. The lowest BCUT2D eigenvalue weighted by Gasteiger charge is -2.27. The molecule has 2 fully saturated rings. The summed E-state index contributed by atoms with van der Waals surface area (Å²) in [5, 5.41) is 1.09. The molecule has 0 bridgehead atoms. The number of amides is 1. The number of rotatable bonds is 5. The van der Waals surface area contributed by atoms with Gasteiger partial charge < -0.3 is 14.4 Å². The highest BCUT2D eigenvalue weighted by molar-refractivity contribution is 5.95. The van der Waals surface area contributed by atoms with Crippen LogP contribution in [0.25, 0.3) is 10.9 Å². The highest BCUT2D eigenvalue weighted by Gasteiger charge is 2.57. The van der Waals surface area contributed by atoms with Crippen molar-refractivity contribution in [2.24, 2.45) is 0 Å². The van der Waals surface area contributed by atoms with E-state index in [4.69, 9.17) is 9.47 Å². The molecule has 1 spiro atoms. The number of aromatic nitrogens is 2. The zero-order chi connectivity index (χ0) is 25.0. The van der Waals surface area contributed by atoms with Crippen molar-refractivity contribution < 1.29 is 19.1 Å². The first-order valence-electron chi connectivity index (χ1n) is 12.6. The van der Waals surface area contributed by atoms with Crippen molar-refractivity contribution in [2.45, 2.75) is 36.9 Å². The number of benzene rings is 2. The second-order valence-corrected chi connectivity index (χ2v) is 10.2. The molecule has 0 radical (unpaired) electrons. The van der Waals surface area contributed by atoms with Gasteiger partial charge in [0.25, 0.3) is 0 Å². The predicted molar refractivity (Wildman–Crippen MR) is 136 cm³/mol. The van der Waals surface area contributed by atoms with Gasteiger partial charge in [0, 0.05) is 42.5 Å². The zero-order valence-corrected chi connectivity index (χ0v) is 20.2. The van der Waals surface area contributed by atoms with E-state index in [1.165, 1.54) is 0 Å². The first-order valence-corrected chi connectivity index (χ1v) is 12.6. The smallest absolute Gasteiger partial charge is 0.341 e. The molecule has 1 atom stereocenters. The maximum absolute atomic E-state index is 13.7. The van der Waals surface area contributed by atoms with Gasteiger partial charge in [-0.2, -0.15) is 0 Å². The molecular formula is C30H25N3O4. The molecule has 1 saturated carbocycles. The first-order chi connectivity index (χ1) is 18.1. The molecule has 7 heteroatoms. The van der Waals surface area contributed by atoms with Crippen LogP contribution in [0.5, 0.6) is 5.75 Å². The number of likely N-dealkylation sites (tertiary alicyclic amines) is 1. The van der Waals surface area contributed by atoms with E-state index in [-0.39, 0.29) is 11.9 Å². The summed E-state index contributed by atoms with van der Waals surface area (Å²) in [7, 11) is 0. The van der Waals surface area contributed by atoms with Gasteiger partial charge in [-0.25, -0.2) is 4.79 Å². The highest BCUT2D eigenvalue weighted by Crippen LogP contribution is 2.52. The van der Waals surface area contributed by atoms with Gasteiger partial charge in [-0.05, 0) is 60.4 Å². The number of carbonyl (C=O) groups is 2. The van der Waals surface area contributed by atoms with Gasteiger partial charge in [0.15, 0.2) is 5.60 Å². The summed E-state index contributed by atoms with van der Waals surface area (Å²) in [6.45, 7) is 1.41.